The van der Waals surface area contributed by atoms with Crippen LogP contribution in [0.2, 0.25) is 0 Å². The van der Waals surface area contributed by atoms with Gasteiger partial charge >= 0.3 is 0 Å². The second kappa shape index (κ2) is 7.47. The van der Waals surface area contributed by atoms with E-state index in [4.69, 9.17) is 0 Å². The molecule has 0 aliphatic carbocycles. The fraction of sp³-hybridized carbons (Fsp3) is 0.769. The number of piperidine rings is 1. The molecule has 1 amide bonds. The SMILES string of the molecule is CC1CSCCN1C(=O)c1cn(C2CCNCC2)nn1.Cl. The van der Waals surface area contributed by atoms with E-state index < -0.39 is 0 Å². The van der Waals surface area contributed by atoms with Gasteiger partial charge in [0.1, 0.15) is 0 Å². The molecule has 8 heteroatoms. The molecule has 118 valence electrons. The van der Waals surface area contributed by atoms with Gasteiger partial charge in [0.15, 0.2) is 5.69 Å². The fourth-order valence-electron chi connectivity index (χ4n) is 2.80. The molecule has 1 N–H and O–H groups in total. The number of carbonyl (C=O) groups is 1. The largest absolute Gasteiger partial charge is 0.333 e. The monoisotopic (exact) mass is 331 g/mol. The highest BCUT2D eigenvalue weighted by Gasteiger charge is 2.27. The van der Waals surface area contributed by atoms with Crippen LogP contribution in [0.1, 0.15) is 36.3 Å². The molecule has 21 heavy (non-hydrogen) atoms. The molecule has 0 spiro atoms. The lowest BCUT2D eigenvalue weighted by Gasteiger charge is -2.32. The van der Waals surface area contributed by atoms with Gasteiger partial charge in [-0.05, 0) is 32.9 Å². The van der Waals surface area contributed by atoms with E-state index in [1.54, 1.807) is 0 Å². The van der Waals surface area contributed by atoms with Gasteiger partial charge in [-0.3, -0.25) is 4.79 Å². The Hall–Kier alpha value is -0.790. The first-order chi connectivity index (χ1) is 9.75. The third kappa shape index (κ3) is 3.70. The molecule has 1 aromatic heterocycles. The minimum absolute atomic E-state index is 0. The summed E-state index contributed by atoms with van der Waals surface area (Å²) >= 11 is 1.91. The molecule has 3 rings (SSSR count). The van der Waals surface area contributed by atoms with Gasteiger partial charge in [-0.1, -0.05) is 5.21 Å². The van der Waals surface area contributed by atoms with E-state index in [0.29, 0.717) is 11.7 Å². The zero-order valence-corrected chi connectivity index (χ0v) is 13.8. The van der Waals surface area contributed by atoms with Crippen LogP contribution in [0, 0.1) is 0 Å². The molecule has 0 aromatic carbocycles. The number of halogens is 1. The van der Waals surface area contributed by atoms with E-state index in [1.807, 2.05) is 27.5 Å². The number of hydrogen-bond acceptors (Lipinski definition) is 5. The quantitative estimate of drug-likeness (QED) is 0.882. The molecule has 2 aliphatic heterocycles. The van der Waals surface area contributed by atoms with Crippen LogP contribution in [0.25, 0.3) is 0 Å². The van der Waals surface area contributed by atoms with E-state index in [0.717, 1.165) is 44.0 Å². The highest BCUT2D eigenvalue weighted by atomic mass is 35.5. The van der Waals surface area contributed by atoms with Crippen molar-refractivity contribution in [3.8, 4) is 0 Å². The molecule has 0 bridgehead atoms. The number of rotatable bonds is 2. The van der Waals surface area contributed by atoms with Gasteiger partial charge in [0.2, 0.25) is 0 Å². The van der Waals surface area contributed by atoms with Crippen molar-refractivity contribution in [3.63, 3.8) is 0 Å². The maximum absolute atomic E-state index is 12.5. The first-order valence-electron chi connectivity index (χ1n) is 7.27. The lowest BCUT2D eigenvalue weighted by Crippen LogP contribution is -2.44. The summed E-state index contributed by atoms with van der Waals surface area (Å²) in [5, 5.41) is 11.6. The number of nitrogens with zero attached hydrogens (tertiary/aromatic N) is 4. The summed E-state index contributed by atoms with van der Waals surface area (Å²) in [6, 6.07) is 0.657. The Morgan fingerprint density at radius 2 is 2.19 bits per heavy atom. The third-order valence-corrected chi connectivity index (χ3v) is 5.23. The van der Waals surface area contributed by atoms with Crippen molar-refractivity contribution in [2.45, 2.75) is 31.8 Å². The number of nitrogens with one attached hydrogen (secondary N) is 1. The Morgan fingerprint density at radius 1 is 1.43 bits per heavy atom. The minimum Gasteiger partial charge on any atom is -0.333 e. The number of amides is 1. The van der Waals surface area contributed by atoms with Gasteiger partial charge in [-0.25, -0.2) is 4.68 Å². The van der Waals surface area contributed by atoms with Crippen molar-refractivity contribution in [2.75, 3.05) is 31.1 Å². The van der Waals surface area contributed by atoms with Crippen LogP contribution in [0.15, 0.2) is 6.20 Å². The van der Waals surface area contributed by atoms with Crippen LogP contribution in [0.5, 0.6) is 0 Å². The topological polar surface area (TPSA) is 63.1 Å². The van der Waals surface area contributed by atoms with Crippen LogP contribution in [-0.2, 0) is 0 Å². The van der Waals surface area contributed by atoms with Gasteiger partial charge in [0.05, 0.1) is 12.2 Å². The molecule has 3 heterocycles. The molecule has 0 radical (unpaired) electrons. The van der Waals surface area contributed by atoms with E-state index in [9.17, 15) is 4.79 Å². The number of carbonyl (C=O) groups excluding carboxylic acids is 1. The van der Waals surface area contributed by atoms with Crippen molar-refractivity contribution in [1.29, 1.82) is 0 Å². The molecule has 2 fully saturated rings. The average Bonchev–Trinajstić information content (AvgIpc) is 2.98. The smallest absolute Gasteiger partial charge is 0.276 e. The molecule has 2 saturated heterocycles. The summed E-state index contributed by atoms with van der Waals surface area (Å²) in [6.07, 6.45) is 3.92. The zero-order chi connectivity index (χ0) is 13.9. The van der Waals surface area contributed by atoms with Crippen molar-refractivity contribution in [3.05, 3.63) is 11.9 Å². The van der Waals surface area contributed by atoms with Gasteiger partial charge < -0.3 is 10.2 Å². The lowest BCUT2D eigenvalue weighted by atomic mass is 10.1. The molecule has 0 saturated carbocycles. The summed E-state index contributed by atoms with van der Waals surface area (Å²) in [4.78, 5) is 14.4. The molecule has 1 aromatic rings. The molecule has 1 atom stereocenters. The summed E-state index contributed by atoms with van der Waals surface area (Å²) in [7, 11) is 0. The third-order valence-electron chi connectivity index (χ3n) is 4.04. The first-order valence-corrected chi connectivity index (χ1v) is 8.42. The zero-order valence-electron chi connectivity index (χ0n) is 12.2. The van der Waals surface area contributed by atoms with Crippen molar-refractivity contribution in [1.82, 2.24) is 25.2 Å². The number of hydrogen-bond donors (Lipinski definition) is 1. The highest BCUT2D eigenvalue weighted by molar-refractivity contribution is 7.99. The number of thioether (sulfide) groups is 1. The molecule has 1 unspecified atom stereocenters. The predicted molar refractivity (Wildman–Crippen MR) is 86.2 cm³/mol. The van der Waals surface area contributed by atoms with Crippen molar-refractivity contribution < 1.29 is 4.79 Å². The van der Waals surface area contributed by atoms with E-state index >= 15 is 0 Å². The lowest BCUT2D eigenvalue weighted by molar-refractivity contribution is 0.0710. The van der Waals surface area contributed by atoms with Crippen LogP contribution >= 0.6 is 24.2 Å². The van der Waals surface area contributed by atoms with Crippen LogP contribution in [-0.4, -0.2) is 63.0 Å². The van der Waals surface area contributed by atoms with Gasteiger partial charge in [0, 0.05) is 24.1 Å². The van der Waals surface area contributed by atoms with E-state index in [1.165, 1.54) is 0 Å². The maximum atomic E-state index is 12.5. The molecule has 6 nitrogen and oxygen atoms in total. The Bertz CT molecular complexity index is 477. The minimum atomic E-state index is 0. The summed E-state index contributed by atoms with van der Waals surface area (Å²) in [5.74, 6) is 2.05. The molecular weight excluding hydrogens is 310 g/mol. The summed E-state index contributed by atoms with van der Waals surface area (Å²) < 4.78 is 1.87. The molecular formula is C13H22ClN5OS. The first kappa shape index (κ1) is 16.6. The standard InChI is InChI=1S/C13H21N5OS.ClH/c1-10-9-20-7-6-17(10)13(19)12-8-18(16-15-12)11-2-4-14-5-3-11;/h8,10-11,14H,2-7,9H2,1H3;1H. The normalized spacial score (nSPS) is 23.7. The number of aromatic nitrogens is 3. The van der Waals surface area contributed by atoms with Gasteiger partial charge in [0.25, 0.3) is 5.91 Å². The van der Waals surface area contributed by atoms with Crippen molar-refractivity contribution in [2.24, 2.45) is 0 Å². The Balaban J connectivity index is 0.00000161. The van der Waals surface area contributed by atoms with E-state index in [-0.39, 0.29) is 24.4 Å². The highest BCUT2D eigenvalue weighted by Crippen LogP contribution is 2.20. The van der Waals surface area contributed by atoms with Crippen LogP contribution in [0.4, 0.5) is 0 Å². The van der Waals surface area contributed by atoms with Gasteiger partial charge in [-0.2, -0.15) is 11.8 Å². The fourth-order valence-corrected chi connectivity index (χ4v) is 3.81. The second-order valence-electron chi connectivity index (χ2n) is 5.49. The summed E-state index contributed by atoms with van der Waals surface area (Å²) in [6.45, 7) is 4.93. The Labute approximate surface area is 135 Å². The maximum Gasteiger partial charge on any atom is 0.276 e. The van der Waals surface area contributed by atoms with Crippen molar-refractivity contribution >= 4 is 30.1 Å². The van der Waals surface area contributed by atoms with Crippen LogP contribution < -0.4 is 5.32 Å². The van der Waals surface area contributed by atoms with Gasteiger partial charge in [-0.15, -0.1) is 17.5 Å². The average molecular weight is 332 g/mol. The Kier molecular flexibility index (Phi) is 5.89. The van der Waals surface area contributed by atoms with Crippen LogP contribution in [0.3, 0.4) is 0 Å². The predicted octanol–water partition coefficient (Wildman–Crippen LogP) is 1.20. The summed E-state index contributed by atoms with van der Waals surface area (Å²) in [5.41, 5.74) is 0.488. The molecule has 2 aliphatic rings. The van der Waals surface area contributed by atoms with E-state index in [2.05, 4.69) is 22.6 Å². The second-order valence-corrected chi connectivity index (χ2v) is 6.64. The Morgan fingerprint density at radius 3 is 2.90 bits per heavy atom.